The average molecular weight is 328 g/mol. The van der Waals surface area contributed by atoms with Gasteiger partial charge in [0.1, 0.15) is 0 Å². The van der Waals surface area contributed by atoms with Crippen LogP contribution >= 0.6 is 0 Å². The van der Waals surface area contributed by atoms with Gasteiger partial charge >= 0.3 is 0 Å². The summed E-state index contributed by atoms with van der Waals surface area (Å²) in [6.07, 6.45) is 0. The number of nitrogens with zero attached hydrogens (tertiary/aromatic N) is 2. The number of morpholine rings is 1. The van der Waals surface area contributed by atoms with E-state index in [0.29, 0.717) is 17.7 Å². The van der Waals surface area contributed by atoms with E-state index in [9.17, 15) is 4.79 Å². The van der Waals surface area contributed by atoms with E-state index in [2.05, 4.69) is 41.2 Å². The molecule has 0 saturated carbocycles. The number of carbonyl (C=O) groups excluding carboxylic acids is 1. The minimum absolute atomic E-state index is 0.203. The molecule has 2 aromatic rings. The third-order valence-corrected chi connectivity index (χ3v) is 4.28. The Balaban J connectivity index is 1.66. The Labute approximate surface area is 142 Å². The van der Waals surface area contributed by atoms with Crippen molar-refractivity contribution in [3.8, 4) is 0 Å². The summed E-state index contributed by atoms with van der Waals surface area (Å²) in [7, 11) is 0. The number of hydrogen-bond donors (Lipinski definition) is 2. The number of aromatic amines is 1. The lowest BCUT2D eigenvalue weighted by atomic mass is 10.1. The highest BCUT2D eigenvalue weighted by Gasteiger charge is 2.19. The van der Waals surface area contributed by atoms with E-state index < -0.39 is 0 Å². The molecule has 1 aromatic heterocycles. The van der Waals surface area contributed by atoms with Gasteiger partial charge in [-0.25, -0.2) is 0 Å². The number of ether oxygens (including phenoxy) is 1. The first kappa shape index (κ1) is 16.5. The summed E-state index contributed by atoms with van der Waals surface area (Å²) in [5.74, 6) is 0.111. The summed E-state index contributed by atoms with van der Waals surface area (Å²) in [6, 6.07) is 10.1. The summed E-state index contributed by atoms with van der Waals surface area (Å²) in [6.45, 7) is 8.65. The highest BCUT2D eigenvalue weighted by Crippen LogP contribution is 2.22. The highest BCUT2D eigenvalue weighted by molar-refractivity contribution is 6.03. The minimum Gasteiger partial charge on any atom is -0.377 e. The van der Waals surface area contributed by atoms with E-state index in [1.807, 2.05) is 24.3 Å². The Morgan fingerprint density at radius 1 is 1.38 bits per heavy atom. The van der Waals surface area contributed by atoms with Crippen LogP contribution in [0.4, 0.5) is 11.4 Å². The molecule has 1 saturated heterocycles. The van der Waals surface area contributed by atoms with Gasteiger partial charge in [-0.15, -0.1) is 0 Å². The van der Waals surface area contributed by atoms with Crippen molar-refractivity contribution < 1.29 is 9.53 Å². The predicted molar refractivity (Wildman–Crippen MR) is 94.7 cm³/mol. The van der Waals surface area contributed by atoms with Crippen molar-refractivity contribution in [1.29, 1.82) is 0 Å². The Bertz CT molecular complexity index is 693. The zero-order chi connectivity index (χ0) is 17.1. The lowest BCUT2D eigenvalue weighted by Gasteiger charge is -2.35. The van der Waals surface area contributed by atoms with Crippen LogP contribution in [0.5, 0.6) is 0 Å². The van der Waals surface area contributed by atoms with Crippen molar-refractivity contribution in [2.24, 2.45) is 0 Å². The fourth-order valence-corrected chi connectivity index (χ4v) is 2.79. The molecule has 0 unspecified atom stereocenters. The van der Waals surface area contributed by atoms with E-state index in [-0.39, 0.29) is 5.91 Å². The van der Waals surface area contributed by atoms with E-state index in [1.165, 1.54) is 0 Å². The van der Waals surface area contributed by atoms with Gasteiger partial charge in [0.05, 0.1) is 13.2 Å². The van der Waals surface area contributed by atoms with Crippen molar-refractivity contribution >= 4 is 17.3 Å². The molecule has 2 heterocycles. The molecule has 1 atom stereocenters. The van der Waals surface area contributed by atoms with Gasteiger partial charge in [0.2, 0.25) is 0 Å². The molecule has 0 spiro atoms. The number of rotatable bonds is 4. The molecule has 1 aliphatic heterocycles. The number of anilines is 2. The summed E-state index contributed by atoms with van der Waals surface area (Å²) in [5.41, 5.74) is 3.27. The number of nitrogens with one attached hydrogen (secondary N) is 2. The monoisotopic (exact) mass is 328 g/mol. The fraction of sp³-hybridized carbons (Fsp3) is 0.444. The lowest BCUT2D eigenvalue weighted by molar-refractivity contribution is 0.0989. The largest absolute Gasteiger partial charge is 0.377 e. The molecule has 0 radical (unpaired) electrons. The summed E-state index contributed by atoms with van der Waals surface area (Å²) in [4.78, 5) is 14.6. The van der Waals surface area contributed by atoms with E-state index in [4.69, 9.17) is 4.74 Å². The normalized spacial score (nSPS) is 18.0. The van der Waals surface area contributed by atoms with Gasteiger partial charge in [-0.3, -0.25) is 9.89 Å². The van der Waals surface area contributed by atoms with Gasteiger partial charge in [0, 0.05) is 29.7 Å². The maximum absolute atomic E-state index is 12.3. The van der Waals surface area contributed by atoms with Crippen molar-refractivity contribution in [1.82, 2.24) is 10.2 Å². The van der Waals surface area contributed by atoms with Crippen LogP contribution in [0.3, 0.4) is 0 Å². The molecular formula is C18H24N4O2. The van der Waals surface area contributed by atoms with Crippen LogP contribution in [0.15, 0.2) is 30.3 Å². The molecule has 6 heteroatoms. The molecule has 1 fully saturated rings. The van der Waals surface area contributed by atoms with Gasteiger partial charge < -0.3 is 15.0 Å². The van der Waals surface area contributed by atoms with Crippen LogP contribution in [0.1, 0.15) is 42.9 Å². The molecule has 1 aromatic carbocycles. The first-order valence-electron chi connectivity index (χ1n) is 8.35. The molecule has 0 aliphatic carbocycles. The van der Waals surface area contributed by atoms with Gasteiger partial charge in [0.25, 0.3) is 5.91 Å². The number of benzene rings is 1. The predicted octanol–water partition coefficient (Wildman–Crippen LogP) is 3.01. The molecule has 3 rings (SSSR count). The highest BCUT2D eigenvalue weighted by atomic mass is 16.5. The Hall–Kier alpha value is -2.34. The quantitative estimate of drug-likeness (QED) is 0.905. The van der Waals surface area contributed by atoms with Crippen LogP contribution in [-0.2, 0) is 4.74 Å². The van der Waals surface area contributed by atoms with Gasteiger partial charge in [-0.05, 0) is 43.2 Å². The van der Waals surface area contributed by atoms with E-state index in [0.717, 1.165) is 36.8 Å². The molecule has 24 heavy (non-hydrogen) atoms. The topological polar surface area (TPSA) is 70.2 Å². The number of aromatic nitrogens is 2. The van der Waals surface area contributed by atoms with Gasteiger partial charge in [-0.2, -0.15) is 5.10 Å². The summed E-state index contributed by atoms with van der Waals surface area (Å²) < 4.78 is 5.47. The third-order valence-electron chi connectivity index (χ3n) is 4.28. The standard InChI is InChI=1S/C18H24N4O2/c1-12(2)16-10-17(21-20-16)18(23)19-14-4-6-15(7-5-14)22-8-9-24-11-13(22)3/h4-7,10,12-13H,8-9,11H2,1-3H3,(H,19,23)(H,20,21)/t13-/m0/s1. The number of carbonyl (C=O) groups is 1. The van der Waals surface area contributed by atoms with Crippen LogP contribution in [0.25, 0.3) is 0 Å². The second-order valence-electron chi connectivity index (χ2n) is 6.48. The smallest absolute Gasteiger partial charge is 0.276 e. The lowest BCUT2D eigenvalue weighted by Crippen LogP contribution is -2.43. The van der Waals surface area contributed by atoms with E-state index >= 15 is 0 Å². The Kier molecular flexibility index (Phi) is 4.85. The molecule has 1 amide bonds. The van der Waals surface area contributed by atoms with Gasteiger partial charge in [-0.1, -0.05) is 13.8 Å². The van der Waals surface area contributed by atoms with Crippen molar-refractivity contribution in [2.75, 3.05) is 30.0 Å². The second kappa shape index (κ2) is 7.05. The average Bonchev–Trinajstić information content (AvgIpc) is 3.07. The van der Waals surface area contributed by atoms with Crippen LogP contribution in [-0.4, -0.2) is 41.9 Å². The maximum Gasteiger partial charge on any atom is 0.276 e. The van der Waals surface area contributed by atoms with E-state index in [1.54, 1.807) is 6.07 Å². The Morgan fingerprint density at radius 2 is 2.12 bits per heavy atom. The Morgan fingerprint density at radius 3 is 2.75 bits per heavy atom. The summed E-state index contributed by atoms with van der Waals surface area (Å²) in [5, 5.41) is 9.86. The molecule has 128 valence electrons. The summed E-state index contributed by atoms with van der Waals surface area (Å²) >= 11 is 0. The third kappa shape index (κ3) is 3.59. The number of H-pyrrole nitrogens is 1. The van der Waals surface area contributed by atoms with Crippen LogP contribution < -0.4 is 10.2 Å². The molecule has 6 nitrogen and oxygen atoms in total. The van der Waals surface area contributed by atoms with Gasteiger partial charge in [0.15, 0.2) is 5.69 Å². The first-order chi connectivity index (χ1) is 11.5. The zero-order valence-electron chi connectivity index (χ0n) is 14.4. The molecular weight excluding hydrogens is 304 g/mol. The van der Waals surface area contributed by atoms with Crippen LogP contribution in [0, 0.1) is 0 Å². The molecule has 2 N–H and O–H groups in total. The molecule has 1 aliphatic rings. The fourth-order valence-electron chi connectivity index (χ4n) is 2.79. The number of amides is 1. The first-order valence-corrected chi connectivity index (χ1v) is 8.35. The number of hydrogen-bond acceptors (Lipinski definition) is 4. The SMILES string of the molecule is CC(C)c1cc(C(=O)Nc2ccc(N3CCOC[C@@H]3C)cc2)n[nH]1. The maximum atomic E-state index is 12.3. The molecule has 0 bridgehead atoms. The minimum atomic E-state index is -0.203. The van der Waals surface area contributed by atoms with Crippen molar-refractivity contribution in [2.45, 2.75) is 32.7 Å². The van der Waals surface area contributed by atoms with Crippen molar-refractivity contribution in [3.05, 3.63) is 41.7 Å². The van der Waals surface area contributed by atoms with Crippen LogP contribution in [0.2, 0.25) is 0 Å². The van der Waals surface area contributed by atoms with Crippen molar-refractivity contribution in [3.63, 3.8) is 0 Å². The zero-order valence-corrected chi connectivity index (χ0v) is 14.4. The second-order valence-corrected chi connectivity index (χ2v) is 6.48.